The van der Waals surface area contributed by atoms with Crippen LogP contribution < -0.4 is 5.32 Å². The lowest BCUT2D eigenvalue weighted by Crippen LogP contribution is -2.55. The monoisotopic (exact) mass is 466 g/mol. The second kappa shape index (κ2) is 10.7. The number of amides is 2. The number of carboxylic acid groups (broad SMARTS) is 1. The Hall–Kier alpha value is -3.35. The summed E-state index contributed by atoms with van der Waals surface area (Å²) in [7, 11) is 0. The molecule has 0 aromatic heterocycles. The van der Waals surface area contributed by atoms with Crippen LogP contribution in [0.5, 0.6) is 0 Å². The van der Waals surface area contributed by atoms with Crippen molar-refractivity contribution in [3.8, 4) is 11.1 Å². The van der Waals surface area contributed by atoms with Crippen LogP contribution in [0.15, 0.2) is 48.5 Å². The first-order chi connectivity index (χ1) is 16.1. The second-order valence-electron chi connectivity index (χ2n) is 9.62. The number of fused-ring (bicyclic) bond motifs is 3. The molecule has 1 aliphatic rings. The Morgan fingerprint density at radius 3 is 2.09 bits per heavy atom. The maximum atomic E-state index is 13.3. The van der Waals surface area contributed by atoms with Gasteiger partial charge < -0.3 is 20.1 Å². The maximum absolute atomic E-state index is 13.3. The largest absolute Gasteiger partial charge is 0.481 e. The summed E-state index contributed by atoms with van der Waals surface area (Å²) in [6.45, 7) is 7.71. The van der Waals surface area contributed by atoms with Crippen molar-refractivity contribution >= 4 is 18.0 Å². The highest BCUT2D eigenvalue weighted by Crippen LogP contribution is 2.44. The van der Waals surface area contributed by atoms with Crippen LogP contribution in [0.1, 0.15) is 64.0 Å². The van der Waals surface area contributed by atoms with E-state index in [0.29, 0.717) is 12.8 Å². The van der Waals surface area contributed by atoms with Crippen molar-refractivity contribution in [3.05, 3.63) is 59.7 Å². The first-order valence-electron chi connectivity index (χ1n) is 11.8. The van der Waals surface area contributed by atoms with Gasteiger partial charge in [-0.1, -0.05) is 61.9 Å². The third kappa shape index (κ3) is 5.76. The summed E-state index contributed by atoms with van der Waals surface area (Å²) in [5.74, 6) is -1.34. The van der Waals surface area contributed by atoms with E-state index in [0.717, 1.165) is 22.3 Å². The van der Waals surface area contributed by atoms with Gasteiger partial charge in [0.05, 0.1) is 6.42 Å². The quantitative estimate of drug-likeness (QED) is 0.554. The van der Waals surface area contributed by atoms with E-state index in [1.54, 1.807) is 0 Å². The normalized spacial score (nSPS) is 13.5. The Labute approximate surface area is 201 Å². The molecule has 0 heterocycles. The number of alkyl carbamates (subject to hydrolysis) is 1. The van der Waals surface area contributed by atoms with E-state index >= 15 is 0 Å². The van der Waals surface area contributed by atoms with Crippen molar-refractivity contribution in [1.29, 1.82) is 0 Å². The lowest BCUT2D eigenvalue weighted by atomic mass is 9.98. The van der Waals surface area contributed by atoms with Crippen LogP contribution in [0.4, 0.5) is 4.79 Å². The molecule has 0 fully saturated rings. The third-order valence-corrected chi connectivity index (χ3v) is 6.14. The van der Waals surface area contributed by atoms with Crippen LogP contribution in [-0.2, 0) is 14.3 Å². The molecule has 2 N–H and O–H groups in total. The van der Waals surface area contributed by atoms with Crippen LogP contribution in [0.25, 0.3) is 11.1 Å². The molecule has 0 spiro atoms. The van der Waals surface area contributed by atoms with Crippen molar-refractivity contribution in [2.45, 2.75) is 64.5 Å². The Morgan fingerprint density at radius 1 is 1.03 bits per heavy atom. The molecule has 2 aromatic rings. The Bertz CT molecular complexity index is 998. The Morgan fingerprint density at radius 2 is 1.59 bits per heavy atom. The number of carboxylic acids is 1. The highest BCUT2D eigenvalue weighted by Gasteiger charge is 2.34. The maximum Gasteiger partial charge on any atom is 0.407 e. The molecule has 7 heteroatoms. The number of hydrogen-bond donors (Lipinski definition) is 2. The van der Waals surface area contributed by atoms with Crippen LogP contribution in [-0.4, -0.2) is 52.7 Å². The fourth-order valence-electron chi connectivity index (χ4n) is 4.50. The molecular formula is C27H34N2O5. The molecule has 1 atom stereocenters. The second-order valence-corrected chi connectivity index (χ2v) is 9.62. The minimum absolute atomic E-state index is 0.0693. The van der Waals surface area contributed by atoms with Gasteiger partial charge in [0, 0.05) is 18.0 Å². The van der Waals surface area contributed by atoms with Crippen molar-refractivity contribution in [2.24, 2.45) is 0 Å². The smallest absolute Gasteiger partial charge is 0.407 e. The van der Waals surface area contributed by atoms with E-state index in [9.17, 15) is 14.4 Å². The molecule has 0 aliphatic heterocycles. The number of carbonyl (C=O) groups is 3. The van der Waals surface area contributed by atoms with Crippen LogP contribution in [0, 0.1) is 0 Å². The number of nitrogens with one attached hydrogen (secondary N) is 1. The average molecular weight is 467 g/mol. The summed E-state index contributed by atoms with van der Waals surface area (Å²) in [5.41, 5.74) is 3.94. The summed E-state index contributed by atoms with van der Waals surface area (Å²) in [5, 5.41) is 11.8. The van der Waals surface area contributed by atoms with Gasteiger partial charge in [-0.15, -0.1) is 0 Å². The number of benzene rings is 2. The topological polar surface area (TPSA) is 95.9 Å². The molecule has 0 saturated heterocycles. The molecular weight excluding hydrogens is 432 g/mol. The predicted molar refractivity (Wildman–Crippen MR) is 131 cm³/mol. The number of aliphatic carboxylic acids is 1. The van der Waals surface area contributed by atoms with Gasteiger partial charge >= 0.3 is 12.1 Å². The molecule has 7 nitrogen and oxygen atoms in total. The molecule has 2 amide bonds. The molecule has 182 valence electrons. The number of carbonyl (C=O) groups excluding carboxylic acids is 2. The Kier molecular flexibility index (Phi) is 7.97. The number of rotatable bonds is 9. The van der Waals surface area contributed by atoms with Crippen LogP contribution >= 0.6 is 0 Å². The third-order valence-electron chi connectivity index (χ3n) is 6.14. The average Bonchev–Trinajstić information content (AvgIpc) is 3.10. The summed E-state index contributed by atoms with van der Waals surface area (Å²) < 4.78 is 5.62. The number of hydrogen-bond acceptors (Lipinski definition) is 4. The van der Waals surface area contributed by atoms with Crippen molar-refractivity contribution in [1.82, 2.24) is 10.2 Å². The molecule has 1 aliphatic carbocycles. The van der Waals surface area contributed by atoms with E-state index in [2.05, 4.69) is 17.4 Å². The zero-order valence-electron chi connectivity index (χ0n) is 20.3. The SMILES string of the molecule is CCC[C@@H](NC(=O)OCC1c2ccccc2-c2ccccc21)C(=O)N(CCC(=O)O)C(C)(C)C. The van der Waals surface area contributed by atoms with E-state index < -0.39 is 23.6 Å². The fraction of sp³-hybridized carbons (Fsp3) is 0.444. The van der Waals surface area contributed by atoms with Gasteiger partial charge in [0.25, 0.3) is 0 Å². The Balaban J connectivity index is 1.69. The van der Waals surface area contributed by atoms with E-state index in [1.165, 1.54) is 4.90 Å². The number of ether oxygens (including phenoxy) is 1. The summed E-state index contributed by atoms with van der Waals surface area (Å²) in [6.07, 6.45) is 0.299. The van der Waals surface area contributed by atoms with Gasteiger partial charge in [-0.05, 0) is 49.4 Å². The fourth-order valence-corrected chi connectivity index (χ4v) is 4.50. The molecule has 0 radical (unpaired) electrons. The first-order valence-corrected chi connectivity index (χ1v) is 11.8. The number of nitrogens with zero attached hydrogens (tertiary/aromatic N) is 1. The lowest BCUT2D eigenvalue weighted by molar-refractivity contribution is -0.141. The highest BCUT2D eigenvalue weighted by atomic mass is 16.5. The molecule has 0 bridgehead atoms. The summed E-state index contributed by atoms with van der Waals surface area (Å²) in [4.78, 5) is 38.6. The van der Waals surface area contributed by atoms with E-state index in [1.807, 2.05) is 64.1 Å². The molecule has 2 aromatic carbocycles. The molecule has 3 rings (SSSR count). The molecule has 0 saturated carbocycles. The zero-order chi connectivity index (χ0) is 24.9. The standard InChI is InChI=1S/C27H34N2O5/c1-5-10-23(25(32)29(27(2,3)4)16-15-24(30)31)28-26(33)34-17-22-20-13-8-6-11-18(20)19-12-7-9-14-21(19)22/h6-9,11-14,22-23H,5,10,15-17H2,1-4H3,(H,28,33)(H,30,31)/t23-/m1/s1. The summed E-state index contributed by atoms with van der Waals surface area (Å²) >= 11 is 0. The van der Waals surface area contributed by atoms with Crippen molar-refractivity contribution in [3.63, 3.8) is 0 Å². The minimum atomic E-state index is -0.974. The van der Waals surface area contributed by atoms with Gasteiger partial charge in [-0.3, -0.25) is 9.59 Å². The van der Waals surface area contributed by atoms with Crippen molar-refractivity contribution in [2.75, 3.05) is 13.2 Å². The van der Waals surface area contributed by atoms with E-state index in [-0.39, 0.29) is 31.4 Å². The minimum Gasteiger partial charge on any atom is -0.481 e. The van der Waals surface area contributed by atoms with Crippen molar-refractivity contribution < 1.29 is 24.2 Å². The van der Waals surface area contributed by atoms with Crippen LogP contribution in [0.2, 0.25) is 0 Å². The highest BCUT2D eigenvalue weighted by molar-refractivity contribution is 5.86. The van der Waals surface area contributed by atoms with Gasteiger partial charge in [0.2, 0.25) is 5.91 Å². The van der Waals surface area contributed by atoms with E-state index in [4.69, 9.17) is 9.84 Å². The van der Waals surface area contributed by atoms with Gasteiger partial charge in [-0.25, -0.2) is 4.79 Å². The van der Waals surface area contributed by atoms with Gasteiger partial charge in [0.1, 0.15) is 12.6 Å². The predicted octanol–water partition coefficient (Wildman–Crippen LogP) is 4.80. The molecule has 0 unspecified atom stereocenters. The van der Waals surface area contributed by atoms with Gasteiger partial charge in [0.15, 0.2) is 0 Å². The zero-order valence-corrected chi connectivity index (χ0v) is 20.3. The summed E-state index contributed by atoms with van der Waals surface area (Å²) in [6, 6.07) is 15.4. The first kappa shape index (κ1) is 25.3. The molecule has 34 heavy (non-hydrogen) atoms. The lowest BCUT2D eigenvalue weighted by Gasteiger charge is -2.38. The van der Waals surface area contributed by atoms with Crippen LogP contribution in [0.3, 0.4) is 0 Å². The van der Waals surface area contributed by atoms with Gasteiger partial charge in [-0.2, -0.15) is 0 Å².